The van der Waals surface area contributed by atoms with Gasteiger partial charge in [-0.25, -0.2) is 17.5 Å². The maximum Gasteiger partial charge on any atom is 0.251 e. The van der Waals surface area contributed by atoms with E-state index in [9.17, 15) is 17.6 Å². The minimum Gasteiger partial charge on any atom is -0.351 e. The van der Waals surface area contributed by atoms with Crippen LogP contribution in [0.25, 0.3) is 0 Å². The van der Waals surface area contributed by atoms with E-state index in [-0.39, 0.29) is 24.4 Å². The minimum absolute atomic E-state index is 0.0431. The Labute approximate surface area is 133 Å². The summed E-state index contributed by atoms with van der Waals surface area (Å²) in [5.41, 5.74) is 1.01. The number of hydrogen-bond donors (Lipinski definition) is 2. The van der Waals surface area contributed by atoms with Gasteiger partial charge >= 0.3 is 0 Å². The van der Waals surface area contributed by atoms with Crippen LogP contribution >= 0.6 is 0 Å². The highest BCUT2D eigenvalue weighted by atomic mass is 32.2. The van der Waals surface area contributed by atoms with Crippen molar-refractivity contribution in [1.29, 1.82) is 0 Å². The molecule has 1 heterocycles. The summed E-state index contributed by atoms with van der Waals surface area (Å²) in [6.45, 7) is 0.0979. The number of aromatic nitrogens is 1. The molecule has 0 unspecified atom stereocenters. The lowest BCUT2D eigenvalue weighted by atomic mass is 10.2. The fourth-order valence-corrected chi connectivity index (χ4v) is 2.67. The van der Waals surface area contributed by atoms with Gasteiger partial charge < -0.3 is 5.32 Å². The molecule has 122 valence electrons. The zero-order valence-electron chi connectivity index (χ0n) is 12.2. The van der Waals surface area contributed by atoms with Crippen LogP contribution in [0.5, 0.6) is 0 Å². The Morgan fingerprint density at radius 1 is 1.17 bits per heavy atom. The molecule has 0 radical (unpaired) electrons. The van der Waals surface area contributed by atoms with E-state index in [0.29, 0.717) is 0 Å². The largest absolute Gasteiger partial charge is 0.351 e. The lowest BCUT2D eigenvalue weighted by Crippen LogP contribution is -2.34. The predicted octanol–water partition coefficient (Wildman–Crippen LogP) is 1.07. The van der Waals surface area contributed by atoms with Gasteiger partial charge in [0.1, 0.15) is 5.82 Å². The van der Waals surface area contributed by atoms with Gasteiger partial charge in [-0.05, 0) is 35.9 Å². The second kappa shape index (κ2) is 7.80. The summed E-state index contributed by atoms with van der Waals surface area (Å²) in [6, 6.07) is 8.47. The van der Waals surface area contributed by atoms with E-state index >= 15 is 0 Å². The number of nitrogens with zero attached hydrogens (tertiary/aromatic N) is 1. The van der Waals surface area contributed by atoms with Crippen molar-refractivity contribution in [3.8, 4) is 0 Å². The molecule has 0 aliphatic rings. The standard InChI is InChI=1S/C15H16FN3O3S/c16-14-5-3-13(4-6-14)15(20)18-8-9-23(21,22)19-11-12-2-1-7-17-10-12/h1-7,10,19H,8-9,11H2,(H,18,20). The monoisotopic (exact) mass is 337 g/mol. The maximum absolute atomic E-state index is 12.8. The van der Waals surface area contributed by atoms with E-state index < -0.39 is 21.7 Å². The molecular weight excluding hydrogens is 321 g/mol. The van der Waals surface area contributed by atoms with Crippen LogP contribution in [0.15, 0.2) is 48.8 Å². The molecule has 8 heteroatoms. The molecule has 0 fully saturated rings. The Hall–Kier alpha value is -2.32. The molecule has 0 aliphatic carbocycles. The number of benzene rings is 1. The molecule has 2 aromatic rings. The highest BCUT2D eigenvalue weighted by Gasteiger charge is 2.11. The Balaban J connectivity index is 1.78. The topological polar surface area (TPSA) is 88.2 Å². The number of sulfonamides is 1. The number of nitrogens with one attached hydrogen (secondary N) is 2. The van der Waals surface area contributed by atoms with Crippen molar-refractivity contribution in [2.45, 2.75) is 6.54 Å². The molecule has 1 aromatic carbocycles. The molecule has 6 nitrogen and oxygen atoms in total. The van der Waals surface area contributed by atoms with Crippen LogP contribution in [0.3, 0.4) is 0 Å². The summed E-state index contributed by atoms with van der Waals surface area (Å²) in [5, 5.41) is 2.48. The number of amides is 1. The van der Waals surface area contributed by atoms with Gasteiger partial charge in [0.25, 0.3) is 5.91 Å². The highest BCUT2D eigenvalue weighted by molar-refractivity contribution is 7.89. The number of rotatable bonds is 7. The van der Waals surface area contributed by atoms with Crippen LogP contribution in [-0.2, 0) is 16.6 Å². The molecule has 23 heavy (non-hydrogen) atoms. The molecule has 0 bridgehead atoms. The van der Waals surface area contributed by atoms with Gasteiger partial charge in [0.05, 0.1) is 5.75 Å². The second-order valence-corrected chi connectivity index (χ2v) is 6.69. The number of carbonyl (C=O) groups is 1. The molecule has 1 amide bonds. The molecular formula is C15H16FN3O3S. The summed E-state index contributed by atoms with van der Waals surface area (Å²) < 4.78 is 38.9. The van der Waals surface area contributed by atoms with Crippen LogP contribution in [-0.4, -0.2) is 31.6 Å². The smallest absolute Gasteiger partial charge is 0.251 e. The number of carbonyl (C=O) groups excluding carboxylic acids is 1. The molecule has 0 atom stereocenters. The van der Waals surface area contributed by atoms with Crippen molar-refractivity contribution >= 4 is 15.9 Å². The average Bonchev–Trinajstić information content (AvgIpc) is 2.54. The van der Waals surface area contributed by atoms with E-state index in [1.165, 1.54) is 24.3 Å². The highest BCUT2D eigenvalue weighted by Crippen LogP contribution is 2.02. The Morgan fingerprint density at radius 3 is 2.57 bits per heavy atom. The van der Waals surface area contributed by atoms with Crippen LogP contribution in [0.4, 0.5) is 4.39 Å². The Bertz CT molecular complexity index is 749. The first kappa shape index (κ1) is 17.0. The first-order valence-electron chi connectivity index (χ1n) is 6.86. The van der Waals surface area contributed by atoms with Gasteiger partial charge in [0.15, 0.2) is 0 Å². The first-order chi connectivity index (χ1) is 11.0. The maximum atomic E-state index is 12.8. The van der Waals surface area contributed by atoms with Crippen molar-refractivity contribution in [2.24, 2.45) is 0 Å². The van der Waals surface area contributed by atoms with Gasteiger partial charge in [-0.1, -0.05) is 6.07 Å². The van der Waals surface area contributed by atoms with Crippen molar-refractivity contribution in [3.05, 3.63) is 65.7 Å². The van der Waals surface area contributed by atoms with Crippen LogP contribution in [0.2, 0.25) is 0 Å². The van der Waals surface area contributed by atoms with Crippen LogP contribution < -0.4 is 10.0 Å². The Kier molecular flexibility index (Phi) is 5.78. The summed E-state index contributed by atoms with van der Waals surface area (Å²) in [5.74, 6) is -1.14. The third-order valence-electron chi connectivity index (χ3n) is 2.98. The van der Waals surface area contributed by atoms with E-state index in [2.05, 4.69) is 15.0 Å². The second-order valence-electron chi connectivity index (χ2n) is 4.76. The van der Waals surface area contributed by atoms with E-state index in [0.717, 1.165) is 5.56 Å². The van der Waals surface area contributed by atoms with E-state index in [1.54, 1.807) is 24.5 Å². The predicted molar refractivity (Wildman–Crippen MR) is 83.6 cm³/mol. The molecule has 1 aromatic heterocycles. The lowest BCUT2D eigenvalue weighted by Gasteiger charge is -2.08. The van der Waals surface area contributed by atoms with Gasteiger partial charge in [0.2, 0.25) is 10.0 Å². The third kappa shape index (κ3) is 5.76. The molecule has 0 saturated carbocycles. The molecule has 0 spiro atoms. The van der Waals surface area contributed by atoms with Gasteiger partial charge in [-0.15, -0.1) is 0 Å². The number of halogens is 1. The first-order valence-corrected chi connectivity index (χ1v) is 8.51. The minimum atomic E-state index is -3.52. The summed E-state index contributed by atoms with van der Waals surface area (Å²) in [4.78, 5) is 15.7. The van der Waals surface area contributed by atoms with Crippen molar-refractivity contribution in [3.63, 3.8) is 0 Å². The Morgan fingerprint density at radius 2 is 1.91 bits per heavy atom. The average molecular weight is 337 g/mol. The van der Waals surface area contributed by atoms with E-state index in [4.69, 9.17) is 0 Å². The van der Waals surface area contributed by atoms with Gasteiger partial charge in [0, 0.05) is 31.0 Å². The number of pyridine rings is 1. The third-order valence-corrected chi connectivity index (χ3v) is 4.31. The molecule has 2 rings (SSSR count). The molecule has 0 saturated heterocycles. The SMILES string of the molecule is O=C(NCCS(=O)(=O)NCc1cccnc1)c1ccc(F)cc1. The quantitative estimate of drug-likeness (QED) is 0.791. The molecule has 0 aliphatic heterocycles. The van der Waals surface area contributed by atoms with Crippen LogP contribution in [0, 0.1) is 5.82 Å². The zero-order valence-corrected chi connectivity index (χ0v) is 13.0. The summed E-state index contributed by atoms with van der Waals surface area (Å²) in [6.07, 6.45) is 3.17. The zero-order chi connectivity index (χ0) is 16.7. The van der Waals surface area contributed by atoms with Crippen molar-refractivity contribution < 1.29 is 17.6 Å². The molecule has 2 N–H and O–H groups in total. The van der Waals surface area contributed by atoms with E-state index in [1.807, 2.05) is 0 Å². The normalized spacial score (nSPS) is 11.2. The number of hydrogen-bond acceptors (Lipinski definition) is 4. The van der Waals surface area contributed by atoms with Crippen molar-refractivity contribution in [2.75, 3.05) is 12.3 Å². The van der Waals surface area contributed by atoms with Gasteiger partial charge in [-0.2, -0.15) is 0 Å². The van der Waals surface area contributed by atoms with Crippen LogP contribution in [0.1, 0.15) is 15.9 Å². The van der Waals surface area contributed by atoms with Crippen molar-refractivity contribution in [1.82, 2.24) is 15.0 Å². The fourth-order valence-electron chi connectivity index (χ4n) is 1.77. The van der Waals surface area contributed by atoms with Gasteiger partial charge in [-0.3, -0.25) is 9.78 Å². The lowest BCUT2D eigenvalue weighted by molar-refractivity contribution is 0.0956. The summed E-state index contributed by atoms with van der Waals surface area (Å²) in [7, 11) is -3.52. The fraction of sp³-hybridized carbons (Fsp3) is 0.200. The summed E-state index contributed by atoms with van der Waals surface area (Å²) >= 11 is 0.